The molecule has 0 spiro atoms. The number of esters is 1. The summed E-state index contributed by atoms with van der Waals surface area (Å²) in [7, 11) is 0. The van der Waals surface area contributed by atoms with Crippen LogP contribution in [0.4, 0.5) is 11.4 Å². The highest BCUT2D eigenvalue weighted by molar-refractivity contribution is 6.02. The van der Waals surface area contributed by atoms with Crippen LogP contribution in [0, 0.1) is 0 Å². The van der Waals surface area contributed by atoms with Gasteiger partial charge in [0.05, 0.1) is 17.8 Å². The number of fused-ring (bicyclic) bond motifs is 1. The molecule has 1 atom stereocenters. The summed E-state index contributed by atoms with van der Waals surface area (Å²) in [6.45, 7) is 5.06. The maximum absolute atomic E-state index is 12.6. The molecule has 0 aromatic heterocycles. The average Bonchev–Trinajstić information content (AvgIpc) is 2.54. The molecule has 130 valence electrons. The lowest BCUT2D eigenvalue weighted by molar-refractivity contribution is -0.153. The summed E-state index contributed by atoms with van der Waals surface area (Å²) in [4.78, 5) is 37.0. The summed E-state index contributed by atoms with van der Waals surface area (Å²) >= 11 is 0. The molecule has 24 heavy (non-hydrogen) atoms. The molecule has 1 aliphatic heterocycles. The molecule has 1 aromatic carbocycles. The van der Waals surface area contributed by atoms with Crippen molar-refractivity contribution in [3.8, 4) is 0 Å². The van der Waals surface area contributed by atoms with E-state index in [4.69, 9.17) is 9.84 Å². The number of nitrogens with zero attached hydrogens (tertiary/aromatic N) is 1. The fourth-order valence-corrected chi connectivity index (χ4v) is 2.57. The van der Waals surface area contributed by atoms with E-state index in [0.717, 1.165) is 0 Å². The van der Waals surface area contributed by atoms with E-state index in [1.54, 1.807) is 45.0 Å². The maximum atomic E-state index is 12.6. The van der Waals surface area contributed by atoms with Crippen molar-refractivity contribution in [3.63, 3.8) is 0 Å². The zero-order valence-corrected chi connectivity index (χ0v) is 14.0. The quantitative estimate of drug-likeness (QED) is 0.818. The van der Waals surface area contributed by atoms with E-state index in [9.17, 15) is 14.4 Å². The molecule has 0 aliphatic carbocycles. The normalized spacial score (nSPS) is 17.5. The van der Waals surface area contributed by atoms with E-state index in [2.05, 4.69) is 5.32 Å². The largest absolute Gasteiger partial charge is 0.481 e. The molecule has 1 aromatic rings. The van der Waals surface area contributed by atoms with Crippen molar-refractivity contribution < 1.29 is 24.2 Å². The molecule has 0 saturated carbocycles. The summed E-state index contributed by atoms with van der Waals surface area (Å²) in [5, 5.41) is 12.1. The highest BCUT2D eigenvalue weighted by Crippen LogP contribution is 2.31. The number of para-hydroxylation sites is 2. The lowest BCUT2D eigenvalue weighted by Gasteiger charge is -2.25. The second-order valence-electron chi connectivity index (χ2n) is 6.73. The highest BCUT2D eigenvalue weighted by Gasteiger charge is 2.30. The molecular weight excluding hydrogens is 312 g/mol. The van der Waals surface area contributed by atoms with Gasteiger partial charge in [-0.3, -0.25) is 19.3 Å². The van der Waals surface area contributed by atoms with Crippen molar-refractivity contribution in [2.45, 2.75) is 45.3 Å². The minimum Gasteiger partial charge on any atom is -0.481 e. The molecule has 7 nitrogen and oxygen atoms in total. The number of nitrogens with one attached hydrogen (secondary N) is 1. The summed E-state index contributed by atoms with van der Waals surface area (Å²) in [5.74, 6) is -1.81. The third-order valence-corrected chi connectivity index (χ3v) is 3.40. The van der Waals surface area contributed by atoms with Gasteiger partial charge in [0.2, 0.25) is 5.91 Å². The van der Waals surface area contributed by atoms with Gasteiger partial charge in [0, 0.05) is 12.5 Å². The minimum absolute atomic E-state index is 0.0101. The minimum atomic E-state index is -0.988. The van der Waals surface area contributed by atoms with Crippen LogP contribution < -0.4 is 10.2 Å². The smallest absolute Gasteiger partial charge is 0.326 e. The molecule has 2 rings (SSSR count). The van der Waals surface area contributed by atoms with Crippen molar-refractivity contribution >= 4 is 29.2 Å². The van der Waals surface area contributed by atoms with Crippen molar-refractivity contribution in [1.29, 1.82) is 0 Å². The Morgan fingerprint density at radius 3 is 2.62 bits per heavy atom. The van der Waals surface area contributed by atoms with Crippen LogP contribution in [0.5, 0.6) is 0 Å². The number of rotatable bonds is 4. The zero-order valence-electron chi connectivity index (χ0n) is 14.0. The lowest BCUT2D eigenvalue weighted by Crippen LogP contribution is -2.39. The van der Waals surface area contributed by atoms with E-state index in [-0.39, 0.29) is 25.3 Å². The number of aliphatic carboxylic acids is 1. The molecule has 1 aliphatic rings. The van der Waals surface area contributed by atoms with Crippen LogP contribution in [0.2, 0.25) is 0 Å². The molecule has 1 amide bonds. The van der Waals surface area contributed by atoms with E-state index in [0.29, 0.717) is 11.4 Å². The van der Waals surface area contributed by atoms with Crippen LogP contribution in [0.15, 0.2) is 24.3 Å². The van der Waals surface area contributed by atoms with Gasteiger partial charge in [-0.05, 0) is 32.9 Å². The Hall–Kier alpha value is -2.57. The average molecular weight is 334 g/mol. The summed E-state index contributed by atoms with van der Waals surface area (Å²) in [5.41, 5.74) is 0.523. The predicted octanol–water partition coefficient (Wildman–Crippen LogP) is 2.02. The van der Waals surface area contributed by atoms with Crippen molar-refractivity contribution in [1.82, 2.24) is 0 Å². The molecule has 2 N–H and O–H groups in total. The van der Waals surface area contributed by atoms with Gasteiger partial charge in [0.15, 0.2) is 0 Å². The fraction of sp³-hybridized carbons (Fsp3) is 0.471. The topological polar surface area (TPSA) is 95.9 Å². The first kappa shape index (κ1) is 17.8. The summed E-state index contributed by atoms with van der Waals surface area (Å²) in [6, 6.07) is 6.48. The van der Waals surface area contributed by atoms with Crippen molar-refractivity contribution in [2.24, 2.45) is 0 Å². The molecule has 0 fully saturated rings. The molecule has 0 saturated heterocycles. The SMILES string of the molecule is CC(C)(C)OC(=O)CN1C(=O)CC(CC(=O)O)Nc2ccccc21. The molecule has 1 heterocycles. The Morgan fingerprint density at radius 1 is 1.33 bits per heavy atom. The predicted molar refractivity (Wildman–Crippen MR) is 88.9 cm³/mol. The Bertz CT molecular complexity index is 651. The Balaban J connectivity index is 2.26. The number of carbonyl (C=O) groups excluding carboxylic acids is 2. The first-order chi connectivity index (χ1) is 11.2. The van der Waals surface area contributed by atoms with Gasteiger partial charge >= 0.3 is 11.9 Å². The van der Waals surface area contributed by atoms with Gasteiger partial charge in [-0.1, -0.05) is 12.1 Å². The Labute approximate surface area is 140 Å². The van der Waals surface area contributed by atoms with Crippen LogP contribution >= 0.6 is 0 Å². The lowest BCUT2D eigenvalue weighted by atomic mass is 10.1. The van der Waals surface area contributed by atoms with Crippen LogP contribution in [-0.4, -0.2) is 41.1 Å². The van der Waals surface area contributed by atoms with Crippen molar-refractivity contribution in [2.75, 3.05) is 16.8 Å². The van der Waals surface area contributed by atoms with Gasteiger partial charge < -0.3 is 15.2 Å². The van der Waals surface area contributed by atoms with E-state index >= 15 is 0 Å². The number of carbonyl (C=O) groups is 3. The van der Waals surface area contributed by atoms with E-state index in [1.807, 2.05) is 0 Å². The van der Waals surface area contributed by atoms with Crippen LogP contribution in [0.25, 0.3) is 0 Å². The number of amides is 1. The summed E-state index contributed by atoms with van der Waals surface area (Å²) in [6.07, 6.45) is -0.190. The van der Waals surface area contributed by atoms with Gasteiger partial charge in [-0.2, -0.15) is 0 Å². The number of benzene rings is 1. The highest BCUT2D eigenvalue weighted by atomic mass is 16.6. The molecule has 0 bridgehead atoms. The maximum Gasteiger partial charge on any atom is 0.326 e. The Morgan fingerprint density at radius 2 is 2.00 bits per heavy atom. The fourth-order valence-electron chi connectivity index (χ4n) is 2.57. The monoisotopic (exact) mass is 334 g/mol. The van der Waals surface area contributed by atoms with Gasteiger partial charge in [0.25, 0.3) is 0 Å². The van der Waals surface area contributed by atoms with Crippen molar-refractivity contribution in [3.05, 3.63) is 24.3 Å². The number of ether oxygens (including phenoxy) is 1. The van der Waals surface area contributed by atoms with Crippen LogP contribution in [-0.2, 0) is 19.1 Å². The number of hydrogen-bond acceptors (Lipinski definition) is 5. The number of carboxylic acids is 1. The molecule has 7 heteroatoms. The third kappa shape index (κ3) is 4.71. The van der Waals surface area contributed by atoms with Gasteiger partial charge in [0.1, 0.15) is 12.1 Å². The first-order valence-corrected chi connectivity index (χ1v) is 7.75. The number of anilines is 2. The van der Waals surface area contributed by atoms with Crippen LogP contribution in [0.1, 0.15) is 33.6 Å². The number of carboxylic acid groups (broad SMARTS) is 1. The number of hydrogen-bond donors (Lipinski definition) is 2. The van der Waals surface area contributed by atoms with Crippen LogP contribution in [0.3, 0.4) is 0 Å². The zero-order chi connectivity index (χ0) is 17.9. The second kappa shape index (κ2) is 6.90. The standard InChI is InChI=1S/C17H22N2O5/c1-17(2,3)24-16(23)10-19-13-7-5-4-6-12(13)18-11(8-14(19)20)9-15(21)22/h4-7,11,18H,8-10H2,1-3H3,(H,21,22). The van der Waals surface area contributed by atoms with Gasteiger partial charge in [-0.15, -0.1) is 0 Å². The van der Waals surface area contributed by atoms with Gasteiger partial charge in [-0.25, -0.2) is 0 Å². The second-order valence-corrected chi connectivity index (χ2v) is 6.73. The molecule has 0 radical (unpaired) electrons. The van der Waals surface area contributed by atoms with E-state index < -0.39 is 23.6 Å². The summed E-state index contributed by atoms with van der Waals surface area (Å²) < 4.78 is 5.29. The first-order valence-electron chi connectivity index (χ1n) is 7.75. The Kier molecular flexibility index (Phi) is 5.11. The van der Waals surface area contributed by atoms with E-state index in [1.165, 1.54) is 4.90 Å². The molecule has 1 unspecified atom stereocenters. The molecular formula is C17H22N2O5. The third-order valence-electron chi connectivity index (χ3n) is 3.40.